The minimum absolute atomic E-state index is 0.198. The Morgan fingerprint density at radius 2 is 2.15 bits per heavy atom. The lowest BCUT2D eigenvalue weighted by Crippen LogP contribution is -2.31. The molecule has 0 bridgehead atoms. The van der Waals surface area contributed by atoms with E-state index >= 15 is 0 Å². The van der Waals surface area contributed by atoms with E-state index in [0.29, 0.717) is 5.92 Å². The predicted molar refractivity (Wildman–Crippen MR) is 84.3 cm³/mol. The Morgan fingerprint density at radius 1 is 1.40 bits per heavy atom. The number of likely N-dealkylation sites (tertiary alicyclic amines) is 1. The molecule has 1 fully saturated rings. The number of rotatable bonds is 3. The van der Waals surface area contributed by atoms with E-state index in [1.807, 2.05) is 11.8 Å². The van der Waals surface area contributed by atoms with Crippen molar-refractivity contribution in [3.8, 4) is 0 Å². The first-order valence-electron chi connectivity index (χ1n) is 7.73. The highest BCUT2D eigenvalue weighted by molar-refractivity contribution is 7.13. The quantitative estimate of drug-likeness (QED) is 0.846. The molecule has 2 rings (SSSR count). The maximum absolute atomic E-state index is 12.7. The van der Waals surface area contributed by atoms with Crippen LogP contribution in [0.3, 0.4) is 0 Å². The molecule has 1 aromatic heterocycles. The molecule has 0 saturated carbocycles. The average molecular weight is 294 g/mol. The molecule has 1 aromatic rings. The van der Waals surface area contributed by atoms with Crippen LogP contribution in [0.1, 0.15) is 60.4 Å². The molecule has 0 aliphatic carbocycles. The number of hydrogen-bond donors (Lipinski definition) is 0. The van der Waals surface area contributed by atoms with Crippen LogP contribution < -0.4 is 0 Å². The van der Waals surface area contributed by atoms with Crippen molar-refractivity contribution in [3.63, 3.8) is 0 Å². The highest BCUT2D eigenvalue weighted by atomic mass is 32.1. The normalized spacial score (nSPS) is 20.2. The zero-order valence-electron chi connectivity index (χ0n) is 13.1. The van der Waals surface area contributed by atoms with Gasteiger partial charge in [0.25, 0.3) is 5.91 Å². The second-order valence-electron chi connectivity index (χ2n) is 6.45. The molecular formula is C16H26N2OS. The zero-order valence-corrected chi connectivity index (χ0v) is 13.9. The van der Waals surface area contributed by atoms with Gasteiger partial charge in [-0.3, -0.25) is 4.79 Å². The van der Waals surface area contributed by atoms with Crippen molar-refractivity contribution in [2.24, 2.45) is 11.8 Å². The fourth-order valence-electron chi connectivity index (χ4n) is 2.70. The molecule has 0 N–H and O–H groups in total. The van der Waals surface area contributed by atoms with Crippen LogP contribution in [0.5, 0.6) is 0 Å². The van der Waals surface area contributed by atoms with Crippen molar-refractivity contribution in [3.05, 3.63) is 15.6 Å². The Labute approximate surface area is 126 Å². The molecule has 0 radical (unpaired) electrons. The molecular weight excluding hydrogens is 268 g/mol. The van der Waals surface area contributed by atoms with Gasteiger partial charge in [0.2, 0.25) is 0 Å². The number of hydrogen-bond acceptors (Lipinski definition) is 3. The Hall–Kier alpha value is -0.900. The number of amides is 1. The summed E-state index contributed by atoms with van der Waals surface area (Å²) in [4.78, 5) is 20.1. The van der Waals surface area contributed by atoms with Gasteiger partial charge in [0.15, 0.2) is 0 Å². The van der Waals surface area contributed by atoms with Gasteiger partial charge in [-0.25, -0.2) is 4.98 Å². The topological polar surface area (TPSA) is 33.2 Å². The predicted octanol–water partition coefficient (Wildman–Crippen LogP) is 3.91. The molecule has 20 heavy (non-hydrogen) atoms. The molecule has 112 valence electrons. The fraction of sp³-hybridized carbons (Fsp3) is 0.750. The summed E-state index contributed by atoms with van der Waals surface area (Å²) in [6.07, 6.45) is 4.46. The second kappa shape index (κ2) is 6.70. The van der Waals surface area contributed by atoms with Gasteiger partial charge in [-0.1, -0.05) is 20.8 Å². The molecule has 0 spiro atoms. The highest BCUT2D eigenvalue weighted by Gasteiger charge is 2.23. The summed E-state index contributed by atoms with van der Waals surface area (Å²) in [7, 11) is 0. The van der Waals surface area contributed by atoms with Crippen molar-refractivity contribution < 1.29 is 4.79 Å². The number of aryl methyl sites for hydroxylation is 1. The van der Waals surface area contributed by atoms with Crippen LogP contribution in [0, 0.1) is 18.8 Å². The SMILES string of the molecule is Cc1nc(CC(C)C)sc1C(=O)N1CCCC(C)CC1. The number of nitrogens with zero attached hydrogens (tertiary/aromatic N) is 2. The summed E-state index contributed by atoms with van der Waals surface area (Å²) in [5, 5.41) is 1.10. The lowest BCUT2D eigenvalue weighted by Gasteiger charge is -2.19. The monoisotopic (exact) mass is 294 g/mol. The lowest BCUT2D eigenvalue weighted by molar-refractivity contribution is 0.0764. The average Bonchev–Trinajstić information content (AvgIpc) is 2.58. The van der Waals surface area contributed by atoms with Gasteiger partial charge in [-0.2, -0.15) is 0 Å². The maximum Gasteiger partial charge on any atom is 0.265 e. The van der Waals surface area contributed by atoms with E-state index in [-0.39, 0.29) is 5.91 Å². The third-order valence-corrected chi connectivity index (χ3v) is 5.09. The number of thiazole rings is 1. The van der Waals surface area contributed by atoms with Crippen LogP contribution in [0.2, 0.25) is 0 Å². The highest BCUT2D eigenvalue weighted by Crippen LogP contribution is 2.24. The van der Waals surface area contributed by atoms with Gasteiger partial charge in [0, 0.05) is 19.5 Å². The summed E-state index contributed by atoms with van der Waals surface area (Å²) in [6.45, 7) is 10.4. The zero-order chi connectivity index (χ0) is 14.7. The van der Waals surface area contributed by atoms with Gasteiger partial charge in [-0.15, -0.1) is 11.3 Å². The summed E-state index contributed by atoms with van der Waals surface area (Å²) in [5.74, 6) is 1.53. The fourth-order valence-corrected chi connectivity index (χ4v) is 3.94. The van der Waals surface area contributed by atoms with E-state index in [1.54, 1.807) is 11.3 Å². The molecule has 0 aromatic carbocycles. The minimum Gasteiger partial charge on any atom is -0.338 e. The standard InChI is InChI=1S/C16H26N2OS/c1-11(2)10-14-17-13(4)15(20-14)16(19)18-8-5-6-12(3)7-9-18/h11-12H,5-10H2,1-4H3. The smallest absolute Gasteiger partial charge is 0.265 e. The van der Waals surface area contributed by atoms with E-state index in [1.165, 1.54) is 6.42 Å². The lowest BCUT2D eigenvalue weighted by atomic mass is 10.0. The van der Waals surface area contributed by atoms with Crippen LogP contribution in [0.15, 0.2) is 0 Å². The van der Waals surface area contributed by atoms with Gasteiger partial charge in [0.05, 0.1) is 10.7 Å². The van der Waals surface area contributed by atoms with Gasteiger partial charge >= 0.3 is 0 Å². The third kappa shape index (κ3) is 3.81. The molecule has 1 aliphatic heterocycles. The van der Waals surface area contributed by atoms with E-state index in [9.17, 15) is 4.79 Å². The van der Waals surface area contributed by atoms with Crippen LogP contribution in [0.4, 0.5) is 0 Å². The first kappa shape index (κ1) is 15.5. The first-order valence-corrected chi connectivity index (χ1v) is 8.54. The van der Waals surface area contributed by atoms with Crippen LogP contribution in [0.25, 0.3) is 0 Å². The second-order valence-corrected chi connectivity index (χ2v) is 7.53. The molecule has 1 unspecified atom stereocenters. The van der Waals surface area contributed by atoms with E-state index in [2.05, 4.69) is 25.8 Å². The summed E-state index contributed by atoms with van der Waals surface area (Å²) in [6, 6.07) is 0. The van der Waals surface area contributed by atoms with Gasteiger partial charge in [-0.05, 0) is 38.0 Å². The summed E-state index contributed by atoms with van der Waals surface area (Å²) in [5.41, 5.74) is 0.910. The molecule has 1 saturated heterocycles. The van der Waals surface area contributed by atoms with Crippen LogP contribution >= 0.6 is 11.3 Å². The Balaban J connectivity index is 2.10. The van der Waals surface area contributed by atoms with Crippen LogP contribution in [-0.2, 0) is 6.42 Å². The van der Waals surface area contributed by atoms with E-state index in [0.717, 1.165) is 53.8 Å². The van der Waals surface area contributed by atoms with Crippen molar-refractivity contribution in [2.45, 2.75) is 53.4 Å². The Morgan fingerprint density at radius 3 is 2.85 bits per heavy atom. The van der Waals surface area contributed by atoms with Crippen molar-refractivity contribution in [1.29, 1.82) is 0 Å². The molecule has 1 atom stereocenters. The van der Waals surface area contributed by atoms with Crippen molar-refractivity contribution >= 4 is 17.2 Å². The van der Waals surface area contributed by atoms with Crippen molar-refractivity contribution in [2.75, 3.05) is 13.1 Å². The first-order chi connectivity index (χ1) is 9.47. The molecule has 3 nitrogen and oxygen atoms in total. The Bertz CT molecular complexity index is 467. The minimum atomic E-state index is 0.198. The van der Waals surface area contributed by atoms with E-state index < -0.39 is 0 Å². The van der Waals surface area contributed by atoms with Crippen LogP contribution in [-0.4, -0.2) is 28.9 Å². The molecule has 4 heteroatoms. The molecule has 1 amide bonds. The maximum atomic E-state index is 12.7. The van der Waals surface area contributed by atoms with Crippen molar-refractivity contribution in [1.82, 2.24) is 9.88 Å². The number of carbonyl (C=O) groups excluding carboxylic acids is 1. The molecule has 2 heterocycles. The summed E-state index contributed by atoms with van der Waals surface area (Å²) < 4.78 is 0. The largest absolute Gasteiger partial charge is 0.338 e. The number of aromatic nitrogens is 1. The molecule has 1 aliphatic rings. The van der Waals surface area contributed by atoms with Gasteiger partial charge < -0.3 is 4.90 Å². The summed E-state index contributed by atoms with van der Waals surface area (Å²) >= 11 is 1.59. The van der Waals surface area contributed by atoms with Gasteiger partial charge in [0.1, 0.15) is 4.88 Å². The Kier molecular flexibility index (Phi) is 5.19. The number of carbonyl (C=O) groups is 1. The van der Waals surface area contributed by atoms with E-state index in [4.69, 9.17) is 0 Å². The third-order valence-electron chi connectivity index (χ3n) is 3.92.